The molecule has 3 heterocycles. The van der Waals surface area contributed by atoms with Crippen LogP contribution in [0, 0.1) is 0 Å². The van der Waals surface area contributed by atoms with Crippen molar-refractivity contribution in [3.63, 3.8) is 0 Å². The molecule has 4 rings (SSSR count). The summed E-state index contributed by atoms with van der Waals surface area (Å²) in [5, 5.41) is 0. The summed E-state index contributed by atoms with van der Waals surface area (Å²) >= 11 is 1.17. The van der Waals surface area contributed by atoms with E-state index in [9.17, 15) is 0 Å². The molecule has 120 valence electrons. The van der Waals surface area contributed by atoms with Gasteiger partial charge in [-0.2, -0.15) is 8.75 Å². The van der Waals surface area contributed by atoms with Gasteiger partial charge in [0.25, 0.3) is 0 Å². The third-order valence-electron chi connectivity index (χ3n) is 3.45. The quantitative estimate of drug-likeness (QED) is 0.525. The molecule has 0 spiro atoms. The Morgan fingerprint density at radius 3 is 1.64 bits per heavy atom. The van der Waals surface area contributed by atoms with Crippen LogP contribution in [0.3, 0.4) is 0 Å². The Morgan fingerprint density at radius 2 is 1.20 bits per heavy atom. The van der Waals surface area contributed by atoms with Crippen LogP contribution in [0.5, 0.6) is 0 Å². The van der Waals surface area contributed by atoms with E-state index in [4.69, 9.17) is 0 Å². The van der Waals surface area contributed by atoms with Crippen molar-refractivity contribution < 1.29 is 0 Å². The summed E-state index contributed by atoms with van der Waals surface area (Å²) in [5.74, 6) is 1.30. The molecule has 0 saturated heterocycles. The summed E-state index contributed by atoms with van der Waals surface area (Å²) in [5.41, 5.74) is 3.39. The van der Waals surface area contributed by atoms with E-state index in [0.29, 0.717) is 11.6 Å². The van der Waals surface area contributed by atoms with Crippen molar-refractivity contribution in [2.75, 3.05) is 0 Å². The summed E-state index contributed by atoms with van der Waals surface area (Å²) < 4.78 is 8.78. The number of aliphatic imine (C=N–C) groups is 2. The minimum Gasteiger partial charge on any atom is -0.237 e. The molecule has 0 fully saturated rings. The molecule has 0 bridgehead atoms. The molecule has 6 nitrogen and oxygen atoms in total. The highest BCUT2D eigenvalue weighted by Gasteiger charge is 2.08. The van der Waals surface area contributed by atoms with Crippen LogP contribution in [-0.4, -0.2) is 31.1 Å². The van der Waals surface area contributed by atoms with Gasteiger partial charge in [0.15, 0.2) is 11.6 Å². The van der Waals surface area contributed by atoms with E-state index >= 15 is 0 Å². The molecular weight excluding hydrogens is 332 g/mol. The normalized spacial score (nSPS) is 11.7. The van der Waals surface area contributed by atoms with Crippen molar-refractivity contribution >= 4 is 46.8 Å². The number of aromatic nitrogens is 4. The van der Waals surface area contributed by atoms with Gasteiger partial charge in [0.2, 0.25) is 0 Å². The Labute approximate surface area is 148 Å². The van der Waals surface area contributed by atoms with Crippen LogP contribution in [0.2, 0.25) is 0 Å². The second-order valence-electron chi connectivity index (χ2n) is 5.10. The lowest BCUT2D eigenvalue weighted by atomic mass is 10.1. The Kier molecular flexibility index (Phi) is 4.30. The van der Waals surface area contributed by atoms with Crippen LogP contribution >= 0.6 is 11.7 Å². The molecule has 4 aromatic rings. The van der Waals surface area contributed by atoms with E-state index in [1.807, 2.05) is 48.5 Å². The van der Waals surface area contributed by atoms with Crippen LogP contribution in [-0.2, 0) is 0 Å². The summed E-state index contributed by atoms with van der Waals surface area (Å²) in [6.45, 7) is 0. The van der Waals surface area contributed by atoms with E-state index in [-0.39, 0.29) is 0 Å². The second kappa shape index (κ2) is 7.06. The van der Waals surface area contributed by atoms with E-state index in [2.05, 4.69) is 28.7 Å². The second-order valence-corrected chi connectivity index (χ2v) is 5.63. The number of hydrogen-bond acceptors (Lipinski definition) is 7. The maximum atomic E-state index is 4.39. The highest BCUT2D eigenvalue weighted by Crippen LogP contribution is 2.20. The van der Waals surface area contributed by atoms with Gasteiger partial charge in [-0.25, -0.2) is 20.0 Å². The first-order chi connectivity index (χ1) is 12.4. The zero-order valence-electron chi connectivity index (χ0n) is 13.0. The van der Waals surface area contributed by atoms with E-state index in [1.54, 1.807) is 24.8 Å². The number of benzene rings is 1. The molecule has 0 aliphatic carbocycles. The summed E-state index contributed by atoms with van der Waals surface area (Å²) in [6, 6.07) is 15.1. The minimum absolute atomic E-state index is 0.652. The number of pyridine rings is 2. The van der Waals surface area contributed by atoms with Crippen molar-refractivity contribution in [1.29, 1.82) is 0 Å². The molecule has 0 saturated carbocycles. The highest BCUT2D eigenvalue weighted by atomic mass is 32.1. The molecule has 0 radical (unpaired) electrons. The Morgan fingerprint density at radius 1 is 0.680 bits per heavy atom. The third kappa shape index (κ3) is 3.46. The van der Waals surface area contributed by atoms with Crippen molar-refractivity contribution in [2.45, 2.75) is 0 Å². The van der Waals surface area contributed by atoms with Crippen molar-refractivity contribution in [3.8, 4) is 0 Å². The Hall–Kier alpha value is -3.32. The number of nitrogens with zero attached hydrogens (tertiary/aromatic N) is 6. The summed E-state index contributed by atoms with van der Waals surface area (Å²) in [4.78, 5) is 17.1. The molecule has 3 aromatic heterocycles. The van der Waals surface area contributed by atoms with Gasteiger partial charge >= 0.3 is 0 Å². The molecule has 0 N–H and O–H groups in total. The van der Waals surface area contributed by atoms with Gasteiger partial charge in [0.1, 0.15) is 11.0 Å². The van der Waals surface area contributed by atoms with Gasteiger partial charge in [-0.3, -0.25) is 0 Å². The van der Waals surface area contributed by atoms with Gasteiger partial charge in [0, 0.05) is 35.9 Å². The van der Waals surface area contributed by atoms with Crippen LogP contribution in [0.25, 0.3) is 11.0 Å². The predicted molar refractivity (Wildman–Crippen MR) is 100 cm³/mol. The standard InChI is InChI=1S/C18H12N6S/c1-3-9-19-15(5-1)21-11-13-7-8-14(18-17(13)23-25-24-18)12-22-16-6-2-4-10-20-16/h1-12H/b21-11+,22-12+. The lowest BCUT2D eigenvalue weighted by Crippen LogP contribution is -1.90. The van der Waals surface area contributed by atoms with Crippen LogP contribution in [0.4, 0.5) is 11.6 Å². The first-order valence-corrected chi connectivity index (χ1v) is 8.29. The smallest absolute Gasteiger partial charge is 0.151 e. The lowest BCUT2D eigenvalue weighted by molar-refractivity contribution is 1.28. The van der Waals surface area contributed by atoms with Gasteiger partial charge in [0.05, 0.1) is 11.7 Å². The van der Waals surface area contributed by atoms with E-state index < -0.39 is 0 Å². The molecular formula is C18H12N6S. The van der Waals surface area contributed by atoms with Gasteiger partial charge in [-0.1, -0.05) is 24.3 Å². The number of fused-ring (bicyclic) bond motifs is 1. The van der Waals surface area contributed by atoms with Gasteiger partial charge < -0.3 is 0 Å². The fraction of sp³-hybridized carbons (Fsp3) is 0. The largest absolute Gasteiger partial charge is 0.237 e. The first kappa shape index (κ1) is 15.2. The average Bonchev–Trinajstić information content (AvgIpc) is 3.17. The number of hydrogen-bond donors (Lipinski definition) is 0. The SMILES string of the molecule is C(=N\c1ccccn1)/c1ccc(/C=N/c2ccccn2)c2nsnc12. The van der Waals surface area contributed by atoms with Crippen LogP contribution in [0.1, 0.15) is 11.1 Å². The summed E-state index contributed by atoms with van der Waals surface area (Å²) in [7, 11) is 0. The molecule has 0 unspecified atom stereocenters. The zero-order chi connectivity index (χ0) is 16.9. The van der Waals surface area contributed by atoms with Crippen LogP contribution in [0.15, 0.2) is 70.9 Å². The molecule has 25 heavy (non-hydrogen) atoms. The monoisotopic (exact) mass is 344 g/mol. The summed E-state index contributed by atoms with van der Waals surface area (Å²) in [6.07, 6.45) is 6.94. The number of rotatable bonds is 4. The third-order valence-corrected chi connectivity index (χ3v) is 3.98. The topological polar surface area (TPSA) is 76.3 Å². The average molecular weight is 344 g/mol. The maximum absolute atomic E-state index is 4.39. The van der Waals surface area contributed by atoms with Crippen molar-refractivity contribution in [2.24, 2.45) is 9.98 Å². The van der Waals surface area contributed by atoms with Gasteiger partial charge in [-0.05, 0) is 24.3 Å². The molecule has 0 aliphatic rings. The molecule has 1 aromatic carbocycles. The first-order valence-electron chi connectivity index (χ1n) is 7.55. The fourth-order valence-electron chi connectivity index (χ4n) is 2.24. The maximum Gasteiger partial charge on any atom is 0.151 e. The minimum atomic E-state index is 0.652. The zero-order valence-corrected chi connectivity index (χ0v) is 13.8. The highest BCUT2D eigenvalue weighted by molar-refractivity contribution is 7.00. The van der Waals surface area contributed by atoms with Crippen molar-refractivity contribution in [1.82, 2.24) is 18.7 Å². The van der Waals surface area contributed by atoms with Crippen LogP contribution < -0.4 is 0 Å². The molecule has 0 atom stereocenters. The fourth-order valence-corrected chi connectivity index (χ4v) is 2.83. The lowest BCUT2D eigenvalue weighted by Gasteiger charge is -1.99. The molecule has 7 heteroatoms. The molecule has 0 amide bonds. The van der Waals surface area contributed by atoms with Gasteiger partial charge in [-0.15, -0.1) is 0 Å². The van der Waals surface area contributed by atoms with E-state index in [0.717, 1.165) is 22.2 Å². The molecule has 0 aliphatic heterocycles. The Bertz CT molecular complexity index is 958. The predicted octanol–water partition coefficient (Wildman–Crippen LogP) is 3.98. The van der Waals surface area contributed by atoms with E-state index in [1.165, 1.54) is 11.7 Å². The Balaban J connectivity index is 1.67. The van der Waals surface area contributed by atoms with Crippen molar-refractivity contribution in [3.05, 3.63) is 72.1 Å².